The van der Waals surface area contributed by atoms with Crippen LogP contribution in [0.2, 0.25) is 0 Å². The topological polar surface area (TPSA) is 12.0 Å². The van der Waals surface area contributed by atoms with E-state index in [-0.39, 0.29) is 0 Å². The van der Waals surface area contributed by atoms with Crippen LogP contribution in [-0.4, -0.2) is 6.04 Å². The number of benzene rings is 1. The summed E-state index contributed by atoms with van der Waals surface area (Å²) >= 11 is 0. The van der Waals surface area contributed by atoms with Crippen molar-refractivity contribution >= 4 is 0 Å². The summed E-state index contributed by atoms with van der Waals surface area (Å²) in [4.78, 5) is 0. The Labute approximate surface area is 112 Å². The van der Waals surface area contributed by atoms with Gasteiger partial charge < -0.3 is 5.32 Å². The minimum atomic E-state index is -1.40. The van der Waals surface area contributed by atoms with Crippen LogP contribution in [0.4, 0.5) is 13.2 Å². The van der Waals surface area contributed by atoms with Gasteiger partial charge in [-0.2, -0.15) is 0 Å². The summed E-state index contributed by atoms with van der Waals surface area (Å²) in [5, 5.41) is 3.35. The molecule has 1 aromatic carbocycles. The third-order valence-corrected chi connectivity index (χ3v) is 3.97. The summed E-state index contributed by atoms with van der Waals surface area (Å²) < 4.78 is 39.1. The molecule has 1 aromatic rings. The standard InChI is InChI=1S/C15H20F3N/c1-10-5-3-2-4-6-14(10)19-9-11-7-12(16)15(18)13(17)8-11/h7-8,10,14,19H,2-6,9H2,1H3. The van der Waals surface area contributed by atoms with E-state index in [1.54, 1.807) is 0 Å². The van der Waals surface area contributed by atoms with E-state index >= 15 is 0 Å². The maximum Gasteiger partial charge on any atom is 0.194 e. The molecule has 106 valence electrons. The molecule has 2 rings (SSSR count). The number of rotatable bonds is 3. The molecular formula is C15H20F3N. The second-order valence-corrected chi connectivity index (χ2v) is 5.48. The molecule has 1 aliphatic carbocycles. The third-order valence-electron chi connectivity index (χ3n) is 3.97. The number of halogens is 3. The van der Waals surface area contributed by atoms with Crippen molar-refractivity contribution in [2.75, 3.05) is 0 Å². The fraction of sp³-hybridized carbons (Fsp3) is 0.600. The highest BCUT2D eigenvalue weighted by atomic mass is 19.2. The first-order chi connectivity index (χ1) is 9.08. The van der Waals surface area contributed by atoms with Crippen molar-refractivity contribution < 1.29 is 13.2 Å². The van der Waals surface area contributed by atoms with Crippen molar-refractivity contribution in [2.45, 2.75) is 51.6 Å². The van der Waals surface area contributed by atoms with Gasteiger partial charge in [-0.25, -0.2) is 13.2 Å². The first-order valence-electron chi connectivity index (χ1n) is 6.94. The van der Waals surface area contributed by atoms with Crippen LogP contribution in [-0.2, 0) is 6.54 Å². The predicted octanol–water partition coefficient (Wildman–Crippen LogP) is 4.16. The van der Waals surface area contributed by atoms with Crippen LogP contribution in [0, 0.1) is 23.4 Å². The molecular weight excluding hydrogens is 251 g/mol. The maximum atomic E-state index is 13.1. The third kappa shape index (κ3) is 3.72. The van der Waals surface area contributed by atoms with Gasteiger partial charge in [0.15, 0.2) is 17.5 Å². The molecule has 0 aromatic heterocycles. The molecule has 0 aliphatic heterocycles. The van der Waals surface area contributed by atoms with Crippen LogP contribution in [0.25, 0.3) is 0 Å². The highest BCUT2D eigenvalue weighted by Gasteiger charge is 2.19. The Morgan fingerprint density at radius 2 is 1.68 bits per heavy atom. The van der Waals surface area contributed by atoms with Crippen LogP contribution in [0.3, 0.4) is 0 Å². The largest absolute Gasteiger partial charge is 0.310 e. The van der Waals surface area contributed by atoms with E-state index in [0.717, 1.165) is 18.6 Å². The van der Waals surface area contributed by atoms with Gasteiger partial charge in [-0.1, -0.05) is 26.2 Å². The Bertz CT molecular complexity index is 410. The normalized spacial score (nSPS) is 24.2. The van der Waals surface area contributed by atoms with Gasteiger partial charge >= 0.3 is 0 Å². The summed E-state index contributed by atoms with van der Waals surface area (Å²) in [5.74, 6) is -3.07. The fourth-order valence-electron chi connectivity index (χ4n) is 2.76. The molecule has 0 heterocycles. The van der Waals surface area contributed by atoms with E-state index in [1.165, 1.54) is 25.7 Å². The Kier molecular flexibility index (Phi) is 4.86. The van der Waals surface area contributed by atoms with E-state index in [4.69, 9.17) is 0 Å². The quantitative estimate of drug-likeness (QED) is 0.643. The smallest absolute Gasteiger partial charge is 0.194 e. The average Bonchev–Trinajstić information content (AvgIpc) is 2.58. The highest BCUT2D eigenvalue weighted by Crippen LogP contribution is 2.23. The molecule has 0 saturated heterocycles. The second kappa shape index (κ2) is 6.42. The van der Waals surface area contributed by atoms with Crippen LogP contribution < -0.4 is 5.32 Å². The lowest BCUT2D eigenvalue weighted by Crippen LogP contribution is -2.33. The highest BCUT2D eigenvalue weighted by molar-refractivity contribution is 5.19. The van der Waals surface area contributed by atoms with Crippen LogP contribution >= 0.6 is 0 Å². The van der Waals surface area contributed by atoms with Gasteiger partial charge in [0.25, 0.3) is 0 Å². The molecule has 2 unspecified atom stereocenters. The summed E-state index contributed by atoms with van der Waals surface area (Å²) in [7, 11) is 0. The summed E-state index contributed by atoms with van der Waals surface area (Å²) in [6.45, 7) is 2.58. The van der Waals surface area contributed by atoms with Crippen molar-refractivity contribution in [2.24, 2.45) is 5.92 Å². The van der Waals surface area contributed by atoms with E-state index in [1.807, 2.05) is 0 Å². The van der Waals surface area contributed by atoms with Gasteiger partial charge in [0.2, 0.25) is 0 Å². The minimum absolute atomic E-state index is 0.374. The Hall–Kier alpha value is -1.03. The van der Waals surface area contributed by atoms with Crippen molar-refractivity contribution in [3.63, 3.8) is 0 Å². The first kappa shape index (κ1) is 14.4. The molecule has 1 nitrogen and oxygen atoms in total. The molecule has 1 aliphatic rings. The fourth-order valence-corrected chi connectivity index (χ4v) is 2.76. The maximum absolute atomic E-state index is 13.1. The average molecular weight is 271 g/mol. The zero-order valence-electron chi connectivity index (χ0n) is 11.2. The van der Waals surface area contributed by atoms with Crippen LogP contribution in [0.15, 0.2) is 12.1 Å². The lowest BCUT2D eigenvalue weighted by atomic mass is 9.97. The summed E-state index contributed by atoms with van der Waals surface area (Å²) in [6.07, 6.45) is 5.97. The van der Waals surface area contributed by atoms with Gasteiger partial charge in [-0.05, 0) is 36.5 Å². The van der Waals surface area contributed by atoms with Gasteiger partial charge in [0.05, 0.1) is 0 Å². The van der Waals surface area contributed by atoms with Gasteiger partial charge in [0.1, 0.15) is 0 Å². The summed E-state index contributed by atoms with van der Waals surface area (Å²) in [5.41, 5.74) is 0.452. The molecule has 0 amide bonds. The van der Waals surface area contributed by atoms with Crippen molar-refractivity contribution in [1.82, 2.24) is 5.32 Å². The first-order valence-corrected chi connectivity index (χ1v) is 6.94. The molecule has 0 spiro atoms. The molecule has 0 bridgehead atoms. The SMILES string of the molecule is CC1CCCCCC1NCc1cc(F)c(F)c(F)c1. The van der Waals surface area contributed by atoms with E-state index in [9.17, 15) is 13.2 Å². The zero-order valence-corrected chi connectivity index (χ0v) is 11.2. The van der Waals surface area contributed by atoms with Crippen LogP contribution in [0.5, 0.6) is 0 Å². The number of hydrogen-bond donors (Lipinski definition) is 1. The molecule has 4 heteroatoms. The second-order valence-electron chi connectivity index (χ2n) is 5.48. The van der Waals surface area contributed by atoms with Gasteiger partial charge in [-0.3, -0.25) is 0 Å². The van der Waals surface area contributed by atoms with E-state index in [0.29, 0.717) is 24.1 Å². The minimum Gasteiger partial charge on any atom is -0.310 e. The Balaban J connectivity index is 1.98. The number of hydrogen-bond acceptors (Lipinski definition) is 1. The predicted molar refractivity (Wildman–Crippen MR) is 69.2 cm³/mol. The summed E-state index contributed by atoms with van der Waals surface area (Å²) in [6, 6.07) is 2.50. The molecule has 2 atom stereocenters. The van der Waals surface area contributed by atoms with Crippen molar-refractivity contribution in [3.05, 3.63) is 35.1 Å². The van der Waals surface area contributed by atoms with Gasteiger partial charge in [0, 0.05) is 12.6 Å². The molecule has 1 N–H and O–H groups in total. The molecule has 1 saturated carbocycles. The van der Waals surface area contributed by atoms with E-state index in [2.05, 4.69) is 12.2 Å². The zero-order chi connectivity index (χ0) is 13.8. The Morgan fingerprint density at radius 3 is 2.37 bits per heavy atom. The van der Waals surface area contributed by atoms with Gasteiger partial charge in [-0.15, -0.1) is 0 Å². The number of nitrogens with one attached hydrogen (secondary N) is 1. The molecule has 0 radical (unpaired) electrons. The molecule has 19 heavy (non-hydrogen) atoms. The monoisotopic (exact) mass is 271 g/mol. The molecule has 1 fully saturated rings. The lowest BCUT2D eigenvalue weighted by molar-refractivity contribution is 0.355. The van der Waals surface area contributed by atoms with E-state index < -0.39 is 17.5 Å². The van der Waals surface area contributed by atoms with Crippen molar-refractivity contribution in [3.8, 4) is 0 Å². The Morgan fingerprint density at radius 1 is 1.05 bits per heavy atom. The van der Waals surface area contributed by atoms with Crippen LogP contribution in [0.1, 0.15) is 44.6 Å². The lowest BCUT2D eigenvalue weighted by Gasteiger charge is -2.23. The van der Waals surface area contributed by atoms with Crippen molar-refractivity contribution in [1.29, 1.82) is 0 Å².